The molecule has 0 radical (unpaired) electrons. The number of hydrogen-bond donors (Lipinski definition) is 2. The van der Waals surface area contributed by atoms with Crippen LogP contribution in [0.1, 0.15) is 69.9 Å². The lowest BCUT2D eigenvalue weighted by Crippen LogP contribution is -2.26. The Bertz CT molecular complexity index is 1400. The number of amides is 1. The molecule has 0 aliphatic rings. The minimum atomic E-state index is -0.940. The van der Waals surface area contributed by atoms with Crippen molar-refractivity contribution in [2.75, 3.05) is 6.54 Å². The first kappa shape index (κ1) is 27.2. The number of nitrogens with one attached hydrogen (secondary N) is 1. The summed E-state index contributed by atoms with van der Waals surface area (Å²) in [4.78, 5) is 24.5. The van der Waals surface area contributed by atoms with E-state index in [-0.39, 0.29) is 30.7 Å². The summed E-state index contributed by atoms with van der Waals surface area (Å²) in [6.07, 6.45) is 1.86. The van der Waals surface area contributed by atoms with Crippen LogP contribution in [0.4, 0.5) is 0 Å². The van der Waals surface area contributed by atoms with Gasteiger partial charge in [-0.25, -0.2) is 0 Å². The van der Waals surface area contributed by atoms with E-state index in [1.54, 1.807) is 11.3 Å². The summed E-state index contributed by atoms with van der Waals surface area (Å²) in [7, 11) is 0. The van der Waals surface area contributed by atoms with Crippen LogP contribution in [0, 0.1) is 6.92 Å². The van der Waals surface area contributed by atoms with Crippen LogP contribution in [0.2, 0.25) is 10.0 Å². The molecule has 0 saturated carbocycles. The van der Waals surface area contributed by atoms with Gasteiger partial charge in [0.2, 0.25) is 0 Å². The van der Waals surface area contributed by atoms with Crippen molar-refractivity contribution < 1.29 is 14.7 Å². The topological polar surface area (TPSA) is 66.4 Å². The fraction of sp³-hybridized carbons (Fsp3) is 0.267. The summed E-state index contributed by atoms with van der Waals surface area (Å²) in [5.74, 6) is -0.933. The molecule has 37 heavy (non-hydrogen) atoms. The van der Waals surface area contributed by atoms with Gasteiger partial charge in [-0.15, -0.1) is 11.3 Å². The van der Waals surface area contributed by atoms with Gasteiger partial charge in [-0.1, -0.05) is 60.8 Å². The van der Waals surface area contributed by atoms with Crippen LogP contribution in [0.5, 0.6) is 0 Å². The largest absolute Gasteiger partial charge is 0.481 e. The number of halogens is 2. The van der Waals surface area contributed by atoms with Crippen LogP contribution in [-0.4, -0.2) is 23.5 Å². The molecule has 1 amide bonds. The average molecular weight is 555 g/mol. The van der Waals surface area contributed by atoms with Crippen LogP contribution in [0.25, 0.3) is 10.1 Å². The number of carboxylic acids is 1. The Labute approximate surface area is 231 Å². The quantitative estimate of drug-likeness (QED) is 0.207. The average Bonchev–Trinajstić information content (AvgIpc) is 3.20. The number of aliphatic carboxylic acids is 1. The van der Waals surface area contributed by atoms with E-state index in [0.717, 1.165) is 23.4 Å². The van der Waals surface area contributed by atoms with Crippen LogP contribution < -0.4 is 5.32 Å². The van der Waals surface area contributed by atoms with Crippen molar-refractivity contribution >= 4 is 56.5 Å². The summed E-state index contributed by atoms with van der Waals surface area (Å²) >= 11 is 14.4. The minimum Gasteiger partial charge on any atom is -0.481 e. The zero-order chi connectivity index (χ0) is 26.5. The number of thiophene rings is 1. The van der Waals surface area contributed by atoms with Crippen LogP contribution >= 0.6 is 34.5 Å². The molecule has 0 spiro atoms. The third kappa shape index (κ3) is 6.35. The van der Waals surface area contributed by atoms with Crippen molar-refractivity contribution in [3.8, 4) is 0 Å². The molecule has 1 aromatic heterocycles. The molecular formula is C30H29Cl2NO3S. The van der Waals surface area contributed by atoms with Gasteiger partial charge >= 0.3 is 5.97 Å². The molecule has 7 heteroatoms. The Hall–Kier alpha value is -2.86. The lowest BCUT2D eigenvalue weighted by atomic mass is 9.77. The van der Waals surface area contributed by atoms with E-state index in [0.29, 0.717) is 10.6 Å². The van der Waals surface area contributed by atoms with Gasteiger partial charge in [-0.05, 0) is 83.8 Å². The summed E-state index contributed by atoms with van der Waals surface area (Å²) in [5, 5.41) is 14.1. The van der Waals surface area contributed by atoms with Gasteiger partial charge in [0.15, 0.2) is 0 Å². The first-order valence-electron chi connectivity index (χ1n) is 12.3. The van der Waals surface area contributed by atoms with Crippen molar-refractivity contribution in [1.82, 2.24) is 5.32 Å². The van der Waals surface area contributed by atoms with Gasteiger partial charge < -0.3 is 10.4 Å². The molecule has 0 aliphatic heterocycles. The lowest BCUT2D eigenvalue weighted by Gasteiger charge is -2.28. The van der Waals surface area contributed by atoms with E-state index in [9.17, 15) is 9.59 Å². The molecule has 3 aromatic carbocycles. The van der Waals surface area contributed by atoms with Crippen molar-refractivity contribution in [3.63, 3.8) is 0 Å². The Kier molecular flexibility index (Phi) is 8.91. The van der Waals surface area contributed by atoms with Crippen molar-refractivity contribution in [2.24, 2.45) is 0 Å². The smallest absolute Gasteiger partial charge is 0.305 e. The standard InChI is InChI=1S/C30H29Cl2NO3S/c1-3-4-24(19-5-7-21(8-6-19)30(36)33-16-15-27(34)35)28(20-9-11-22(31)12-10-20)29-18(2)25-17-23(32)13-14-26(25)37-29/h5-14,17,24,28H,3-4,15-16H2,1-2H3,(H,33,36)(H,34,35)/t24-,28?/m1/s1. The second-order valence-electron chi connectivity index (χ2n) is 9.18. The fourth-order valence-electron chi connectivity index (χ4n) is 4.85. The van der Waals surface area contributed by atoms with Crippen LogP contribution in [0.15, 0.2) is 66.7 Å². The Morgan fingerprint density at radius 2 is 1.59 bits per heavy atom. The summed E-state index contributed by atoms with van der Waals surface area (Å²) in [6.45, 7) is 4.46. The van der Waals surface area contributed by atoms with Crippen molar-refractivity contribution in [2.45, 2.75) is 44.9 Å². The highest BCUT2D eigenvalue weighted by atomic mass is 35.5. The van der Waals surface area contributed by atoms with Crippen molar-refractivity contribution in [3.05, 3.63) is 104 Å². The molecule has 4 rings (SSSR count). The molecule has 0 saturated heterocycles. The van der Waals surface area contributed by atoms with Gasteiger partial charge in [0.25, 0.3) is 5.91 Å². The van der Waals surface area contributed by atoms with Crippen LogP contribution in [0.3, 0.4) is 0 Å². The molecule has 4 nitrogen and oxygen atoms in total. The van der Waals surface area contributed by atoms with E-state index < -0.39 is 5.97 Å². The molecule has 1 heterocycles. The first-order chi connectivity index (χ1) is 17.8. The van der Waals surface area contributed by atoms with E-state index in [1.165, 1.54) is 26.1 Å². The third-order valence-electron chi connectivity index (χ3n) is 6.67. The molecule has 4 aromatic rings. The van der Waals surface area contributed by atoms with Gasteiger partial charge in [-0.3, -0.25) is 9.59 Å². The van der Waals surface area contributed by atoms with Gasteiger partial charge in [0, 0.05) is 37.6 Å². The van der Waals surface area contributed by atoms with Gasteiger partial charge in [0.1, 0.15) is 0 Å². The maximum atomic E-state index is 12.5. The molecule has 192 valence electrons. The number of carbonyl (C=O) groups excluding carboxylic acids is 1. The SMILES string of the molecule is CCC[C@H](c1ccc(C(=O)NCCC(=O)O)cc1)C(c1ccc(Cl)cc1)c1sc2ccc(Cl)cc2c1C. The molecule has 0 bridgehead atoms. The maximum Gasteiger partial charge on any atom is 0.305 e. The van der Waals surface area contributed by atoms with E-state index in [1.807, 2.05) is 48.5 Å². The zero-order valence-corrected chi connectivity index (χ0v) is 23.1. The Morgan fingerprint density at radius 1 is 0.946 bits per heavy atom. The summed E-state index contributed by atoms with van der Waals surface area (Å²) in [6, 6.07) is 21.9. The maximum absolute atomic E-state index is 12.5. The lowest BCUT2D eigenvalue weighted by molar-refractivity contribution is -0.136. The van der Waals surface area contributed by atoms with Gasteiger partial charge in [0.05, 0.1) is 6.42 Å². The minimum absolute atomic E-state index is 0.0995. The number of carboxylic acid groups (broad SMARTS) is 1. The number of fused-ring (bicyclic) bond motifs is 1. The highest BCUT2D eigenvalue weighted by Gasteiger charge is 2.29. The van der Waals surface area contributed by atoms with E-state index in [2.05, 4.69) is 37.4 Å². The zero-order valence-electron chi connectivity index (χ0n) is 20.8. The number of benzene rings is 3. The van der Waals surface area contributed by atoms with Crippen molar-refractivity contribution in [1.29, 1.82) is 0 Å². The van der Waals surface area contributed by atoms with E-state index >= 15 is 0 Å². The number of rotatable bonds is 10. The normalized spacial score (nSPS) is 12.9. The number of hydrogen-bond acceptors (Lipinski definition) is 3. The molecule has 0 fully saturated rings. The van der Waals surface area contributed by atoms with Crippen LogP contribution in [-0.2, 0) is 4.79 Å². The number of aryl methyl sites for hydroxylation is 1. The molecule has 1 unspecified atom stereocenters. The molecular weight excluding hydrogens is 525 g/mol. The first-order valence-corrected chi connectivity index (χ1v) is 13.9. The third-order valence-corrected chi connectivity index (χ3v) is 8.52. The molecule has 2 atom stereocenters. The highest BCUT2D eigenvalue weighted by molar-refractivity contribution is 7.19. The Balaban J connectivity index is 1.75. The predicted molar refractivity (Wildman–Crippen MR) is 154 cm³/mol. The second kappa shape index (κ2) is 12.1. The fourth-order valence-corrected chi connectivity index (χ4v) is 6.53. The Morgan fingerprint density at radius 3 is 2.24 bits per heavy atom. The summed E-state index contributed by atoms with van der Waals surface area (Å²) in [5.41, 5.74) is 4.09. The molecule has 2 N–H and O–H groups in total. The number of carbonyl (C=O) groups is 2. The summed E-state index contributed by atoms with van der Waals surface area (Å²) < 4.78 is 1.21. The predicted octanol–water partition coefficient (Wildman–Crippen LogP) is 8.44. The highest BCUT2D eigenvalue weighted by Crippen LogP contribution is 2.47. The van der Waals surface area contributed by atoms with E-state index in [4.69, 9.17) is 28.3 Å². The van der Waals surface area contributed by atoms with Gasteiger partial charge in [-0.2, -0.15) is 0 Å². The monoisotopic (exact) mass is 553 g/mol. The second-order valence-corrected chi connectivity index (χ2v) is 11.1. The molecule has 0 aliphatic carbocycles.